The number of rotatable bonds is 7. The lowest BCUT2D eigenvalue weighted by atomic mass is 9.95. The van der Waals surface area contributed by atoms with E-state index in [2.05, 4.69) is 16.7 Å². The fourth-order valence-electron chi connectivity index (χ4n) is 7.02. The number of phenolic OH excluding ortho intramolecular Hbond substituents is 11. The van der Waals surface area contributed by atoms with Gasteiger partial charge in [0.25, 0.3) is 0 Å². The molecular weight excluding hydrogens is 803 g/mol. The topological polar surface area (TPSA) is 260 Å². The number of aromatic hydroxyl groups is 11. The lowest BCUT2D eigenvalue weighted by Crippen LogP contribution is -2.06. The molecule has 0 saturated carbocycles. The van der Waals surface area contributed by atoms with Gasteiger partial charge in [-0.1, -0.05) is 109 Å². The summed E-state index contributed by atoms with van der Waals surface area (Å²) in [5.41, 5.74) is 2.58. The minimum atomic E-state index is -1.21. The second kappa shape index (κ2) is 15.4. The van der Waals surface area contributed by atoms with Crippen LogP contribution in [0.4, 0.5) is 0 Å². The highest BCUT2D eigenvalue weighted by Crippen LogP contribution is 2.63. The van der Waals surface area contributed by atoms with Crippen molar-refractivity contribution in [1.82, 2.24) is 0 Å². The molecule has 0 amide bonds. The molecule has 0 aliphatic rings. The lowest BCUT2D eigenvalue weighted by molar-refractivity contribution is 0.351. The zero-order chi connectivity index (χ0) is 43.3. The van der Waals surface area contributed by atoms with E-state index in [4.69, 9.17) is 4.99 Å². The number of amidine groups is 2. The van der Waals surface area contributed by atoms with Crippen LogP contribution >= 0.6 is 11.3 Å². The van der Waals surface area contributed by atoms with Crippen molar-refractivity contribution in [2.24, 2.45) is 15.0 Å². The van der Waals surface area contributed by atoms with Gasteiger partial charge < -0.3 is 56.2 Å². The van der Waals surface area contributed by atoms with Gasteiger partial charge in [-0.25, -0.2) is 9.98 Å². The number of hydrogen-bond acceptors (Lipinski definition) is 13. The van der Waals surface area contributed by atoms with Crippen LogP contribution in [0.15, 0.2) is 124 Å². The smallest absolute Gasteiger partial charge is 0.205 e. The fourth-order valence-corrected chi connectivity index (χ4v) is 8.22. The van der Waals surface area contributed by atoms with Crippen molar-refractivity contribution >= 4 is 49.9 Å². The van der Waals surface area contributed by atoms with Crippen LogP contribution in [0.25, 0.3) is 53.6 Å². The second-order valence-electron chi connectivity index (χ2n) is 13.7. The van der Waals surface area contributed by atoms with Crippen molar-refractivity contribution < 1.29 is 56.2 Å². The van der Waals surface area contributed by atoms with Gasteiger partial charge in [0, 0.05) is 11.1 Å². The van der Waals surface area contributed by atoms with Gasteiger partial charge in [-0.05, 0) is 29.0 Å². The van der Waals surface area contributed by atoms with Crippen LogP contribution in [0.1, 0.15) is 16.7 Å². The van der Waals surface area contributed by atoms with Gasteiger partial charge >= 0.3 is 0 Å². The molecule has 14 nitrogen and oxygen atoms in total. The van der Waals surface area contributed by atoms with E-state index in [0.29, 0.717) is 22.5 Å². The van der Waals surface area contributed by atoms with Gasteiger partial charge in [0.2, 0.25) is 11.5 Å². The molecule has 0 radical (unpaired) electrons. The Morgan fingerprint density at radius 3 is 1.30 bits per heavy atom. The highest BCUT2D eigenvalue weighted by molar-refractivity contribution is 7.26. The van der Waals surface area contributed by atoms with Crippen LogP contribution in [0.2, 0.25) is 0 Å². The van der Waals surface area contributed by atoms with E-state index in [0.717, 1.165) is 22.3 Å². The summed E-state index contributed by atoms with van der Waals surface area (Å²) in [5, 5.41) is 119. The van der Waals surface area contributed by atoms with Crippen molar-refractivity contribution in [1.29, 1.82) is 0 Å². The van der Waals surface area contributed by atoms with Gasteiger partial charge in [0.1, 0.15) is 5.75 Å². The SMILES string of the molecule is C=NC(=NC(=NCc1c(O)c(O)c(-c2c(O)c(O)c3c(sc4c(O)c(O)c(O)c(O)c43)c2O)c(O)c1O)c1ccc(-c2ccccc2)cc1)c1ccc(-c2ccccc2)cc1. The van der Waals surface area contributed by atoms with E-state index in [9.17, 15) is 56.2 Å². The fraction of sp³-hybridized carbons (Fsp3) is 0.0217. The number of nitrogens with zero attached hydrogens (tertiary/aromatic N) is 3. The third kappa shape index (κ3) is 6.60. The standard InChI is InChI=1S/C46H33N3O11S/c1-47-45(25-16-12-23(13-17-25)21-8-4-2-5-9-21)49-46(26-18-14-24(15-19-26)22-10-6-3-7-11-22)48-20-27-32(50)34(52)28(35(53)33(27)51)29-36(54)37(55)30-31-38(56)40(58)41(59)42(60)44(31)61-43(30)39(29)57/h2-19,50-60H,1,20H2. The molecule has 0 spiro atoms. The van der Waals surface area contributed by atoms with E-state index in [-0.39, 0.29) is 21.1 Å². The third-order valence-corrected chi connectivity index (χ3v) is 11.4. The Morgan fingerprint density at radius 2 is 0.803 bits per heavy atom. The van der Waals surface area contributed by atoms with Gasteiger partial charge in [-0.15, -0.1) is 11.3 Å². The summed E-state index contributed by atoms with van der Waals surface area (Å²) in [6, 6.07) is 34.0. The molecular formula is C46H33N3O11S. The zero-order valence-corrected chi connectivity index (χ0v) is 32.3. The number of hydrogen-bond donors (Lipinski definition) is 11. The molecule has 15 heteroatoms. The Labute approximate surface area is 349 Å². The first-order valence-electron chi connectivity index (χ1n) is 18.2. The lowest BCUT2D eigenvalue weighted by Gasteiger charge is -2.17. The molecule has 0 unspecified atom stereocenters. The zero-order valence-electron chi connectivity index (χ0n) is 31.5. The normalized spacial score (nSPS) is 12.0. The Balaban J connectivity index is 1.24. The summed E-state index contributed by atoms with van der Waals surface area (Å²) in [6.07, 6.45) is 0. The Hall–Kier alpha value is -8.43. The maximum absolute atomic E-state index is 11.4. The van der Waals surface area contributed by atoms with Gasteiger partial charge in [-0.3, -0.25) is 4.99 Å². The van der Waals surface area contributed by atoms with E-state index >= 15 is 0 Å². The van der Waals surface area contributed by atoms with Crippen molar-refractivity contribution in [3.05, 3.63) is 126 Å². The number of aliphatic imine (C=N–C) groups is 3. The van der Waals surface area contributed by atoms with Gasteiger partial charge in [0.05, 0.1) is 43.4 Å². The predicted octanol–water partition coefficient (Wildman–Crippen LogP) is 8.91. The summed E-state index contributed by atoms with van der Waals surface area (Å²) in [5.74, 6) is -11.6. The molecule has 0 bridgehead atoms. The van der Waals surface area contributed by atoms with Gasteiger partial charge in [-0.2, -0.15) is 0 Å². The van der Waals surface area contributed by atoms with Crippen LogP contribution in [-0.4, -0.2) is 74.6 Å². The minimum absolute atomic E-state index is 0.0509. The summed E-state index contributed by atoms with van der Waals surface area (Å²) in [7, 11) is 0. The van der Waals surface area contributed by atoms with Crippen LogP contribution in [0, 0.1) is 0 Å². The number of fused-ring (bicyclic) bond motifs is 3. The molecule has 8 rings (SSSR count). The molecule has 0 saturated heterocycles. The first kappa shape index (κ1) is 39.4. The van der Waals surface area contributed by atoms with Crippen molar-refractivity contribution in [3.8, 4) is 96.6 Å². The highest BCUT2D eigenvalue weighted by Gasteiger charge is 2.33. The summed E-state index contributed by atoms with van der Waals surface area (Å²) >= 11 is 0.487. The Kier molecular flexibility index (Phi) is 9.94. The van der Waals surface area contributed by atoms with E-state index < -0.39 is 97.3 Å². The minimum Gasteiger partial charge on any atom is -0.506 e. The molecule has 1 heterocycles. The van der Waals surface area contributed by atoms with E-state index in [1.807, 2.05) is 97.1 Å². The molecule has 0 fully saturated rings. The molecule has 61 heavy (non-hydrogen) atoms. The van der Waals surface area contributed by atoms with Crippen LogP contribution < -0.4 is 0 Å². The third-order valence-electron chi connectivity index (χ3n) is 10.2. The molecule has 7 aromatic carbocycles. The van der Waals surface area contributed by atoms with Crippen LogP contribution in [-0.2, 0) is 6.54 Å². The van der Waals surface area contributed by atoms with Crippen molar-refractivity contribution in [3.63, 3.8) is 0 Å². The average Bonchev–Trinajstić information content (AvgIpc) is 3.71. The Morgan fingerprint density at radius 1 is 0.410 bits per heavy atom. The first-order chi connectivity index (χ1) is 29.3. The summed E-state index contributed by atoms with van der Waals surface area (Å²) < 4.78 is -0.700. The Bertz CT molecular complexity index is 3080. The van der Waals surface area contributed by atoms with Crippen LogP contribution in [0.5, 0.6) is 63.2 Å². The van der Waals surface area contributed by atoms with Crippen molar-refractivity contribution in [2.75, 3.05) is 0 Å². The van der Waals surface area contributed by atoms with Gasteiger partial charge in [0.15, 0.2) is 57.7 Å². The molecule has 1 aromatic heterocycles. The second-order valence-corrected chi connectivity index (χ2v) is 14.7. The molecule has 0 atom stereocenters. The molecule has 304 valence electrons. The van der Waals surface area contributed by atoms with E-state index in [1.54, 1.807) is 12.1 Å². The molecule has 8 aromatic rings. The monoisotopic (exact) mass is 835 g/mol. The summed E-state index contributed by atoms with van der Waals surface area (Å²) in [6.45, 7) is 3.10. The van der Waals surface area contributed by atoms with Crippen molar-refractivity contribution in [2.45, 2.75) is 6.54 Å². The number of benzene rings is 7. The maximum atomic E-state index is 11.4. The quantitative estimate of drug-likeness (QED) is 0.0312. The van der Waals surface area contributed by atoms with E-state index in [1.165, 1.54) is 0 Å². The summed E-state index contributed by atoms with van der Waals surface area (Å²) in [4.78, 5) is 13.4. The highest BCUT2D eigenvalue weighted by atomic mass is 32.1. The number of thiophene rings is 1. The maximum Gasteiger partial charge on any atom is 0.205 e. The number of phenols is 11. The molecule has 0 aliphatic carbocycles. The first-order valence-corrected chi connectivity index (χ1v) is 19.0. The predicted molar refractivity (Wildman–Crippen MR) is 233 cm³/mol. The molecule has 0 aliphatic heterocycles. The average molecular weight is 836 g/mol. The largest absolute Gasteiger partial charge is 0.506 e. The van der Waals surface area contributed by atoms with Crippen LogP contribution in [0.3, 0.4) is 0 Å². The molecule has 11 N–H and O–H groups in total.